The monoisotopic (exact) mass is 560 g/mol. The lowest BCUT2D eigenvalue weighted by Gasteiger charge is -2.12. The van der Waals surface area contributed by atoms with Crippen LogP contribution in [0.4, 0.5) is 18.3 Å². The third-order valence-corrected chi connectivity index (χ3v) is 5.93. The summed E-state index contributed by atoms with van der Waals surface area (Å²) in [6.07, 6.45) is -1.21. The summed E-state index contributed by atoms with van der Waals surface area (Å²) in [5.74, 6) is 0.557. The first-order chi connectivity index (χ1) is 13.5. The zero-order chi connectivity index (χ0) is 20.0. The molecule has 2 aromatic rings. The summed E-state index contributed by atoms with van der Waals surface area (Å²) in [6.45, 7) is 5.50. The SMILES string of the molecule is CCNC(=NCc1nc(C(F)(F)F)cs1)NCCc1csc(N2CCCC2)n1.I. The second-order valence-corrected chi connectivity index (χ2v) is 8.09. The Labute approximate surface area is 193 Å². The molecule has 6 nitrogen and oxygen atoms in total. The number of rotatable bonds is 7. The molecule has 3 rings (SSSR count). The van der Waals surface area contributed by atoms with Crippen molar-refractivity contribution < 1.29 is 13.2 Å². The molecular weight excluding hydrogens is 536 g/mol. The van der Waals surface area contributed by atoms with Crippen molar-refractivity contribution >= 4 is 57.7 Å². The number of aliphatic imine (C=N–C) groups is 1. The van der Waals surface area contributed by atoms with Gasteiger partial charge in [0.25, 0.3) is 0 Å². The standard InChI is InChI=1S/C17H23F3N6S2.HI/c1-2-21-15(23-9-14-25-13(11-27-14)17(18,19)20)22-6-5-12-10-28-16(24-12)26-7-3-4-8-26;/h10-11H,2-9H2,1H3,(H2,21,22,23);1H. The number of anilines is 1. The fourth-order valence-electron chi connectivity index (χ4n) is 2.78. The van der Waals surface area contributed by atoms with Gasteiger partial charge < -0.3 is 15.5 Å². The number of nitrogens with one attached hydrogen (secondary N) is 2. The van der Waals surface area contributed by atoms with E-state index in [2.05, 4.69) is 35.9 Å². The molecule has 0 aromatic carbocycles. The lowest BCUT2D eigenvalue weighted by atomic mass is 10.3. The number of alkyl halides is 3. The van der Waals surface area contributed by atoms with Gasteiger partial charge in [-0.15, -0.1) is 46.7 Å². The highest BCUT2D eigenvalue weighted by Gasteiger charge is 2.33. The first kappa shape index (κ1) is 24.1. The smallest absolute Gasteiger partial charge is 0.357 e. The zero-order valence-electron chi connectivity index (χ0n) is 16.0. The molecule has 2 aromatic heterocycles. The Kier molecular flexibility index (Phi) is 9.40. The topological polar surface area (TPSA) is 65.4 Å². The van der Waals surface area contributed by atoms with Crippen LogP contribution in [-0.2, 0) is 19.1 Å². The van der Waals surface area contributed by atoms with Gasteiger partial charge in [0.15, 0.2) is 16.8 Å². The molecule has 162 valence electrons. The molecule has 0 aliphatic carbocycles. The van der Waals surface area contributed by atoms with Crippen LogP contribution in [-0.4, -0.2) is 42.1 Å². The van der Waals surface area contributed by atoms with Crippen LogP contribution < -0.4 is 15.5 Å². The maximum atomic E-state index is 12.6. The summed E-state index contributed by atoms with van der Waals surface area (Å²) in [6, 6.07) is 0. The number of guanidine groups is 1. The van der Waals surface area contributed by atoms with Crippen LogP contribution in [0.2, 0.25) is 0 Å². The Balaban J connectivity index is 0.00000300. The molecule has 0 unspecified atom stereocenters. The summed E-state index contributed by atoms with van der Waals surface area (Å²) in [5, 5.41) is 10.8. The molecule has 0 spiro atoms. The molecule has 0 saturated carbocycles. The minimum absolute atomic E-state index is 0. The van der Waals surface area contributed by atoms with Crippen molar-refractivity contribution in [2.75, 3.05) is 31.1 Å². The van der Waals surface area contributed by atoms with Crippen LogP contribution in [0.3, 0.4) is 0 Å². The number of hydrogen-bond donors (Lipinski definition) is 2. The highest BCUT2D eigenvalue weighted by molar-refractivity contribution is 14.0. The van der Waals surface area contributed by atoms with Crippen LogP contribution in [0, 0.1) is 0 Å². The van der Waals surface area contributed by atoms with Crippen molar-refractivity contribution in [2.45, 2.75) is 38.9 Å². The summed E-state index contributed by atoms with van der Waals surface area (Å²) < 4.78 is 37.9. The van der Waals surface area contributed by atoms with Crippen LogP contribution in [0.5, 0.6) is 0 Å². The van der Waals surface area contributed by atoms with Gasteiger partial charge in [0, 0.05) is 43.4 Å². The molecule has 29 heavy (non-hydrogen) atoms. The number of nitrogens with zero attached hydrogens (tertiary/aromatic N) is 4. The average Bonchev–Trinajstić information content (AvgIpc) is 3.39. The van der Waals surface area contributed by atoms with E-state index in [1.54, 1.807) is 11.3 Å². The van der Waals surface area contributed by atoms with Crippen LogP contribution in [0.1, 0.15) is 36.2 Å². The largest absolute Gasteiger partial charge is 0.434 e. The van der Waals surface area contributed by atoms with E-state index < -0.39 is 11.9 Å². The van der Waals surface area contributed by atoms with Gasteiger partial charge >= 0.3 is 6.18 Å². The third-order valence-electron chi connectivity index (χ3n) is 4.15. The molecule has 1 aliphatic rings. The summed E-state index contributed by atoms with van der Waals surface area (Å²) in [5.41, 5.74) is 0.169. The molecule has 12 heteroatoms. The van der Waals surface area contributed by atoms with Crippen molar-refractivity contribution in [3.63, 3.8) is 0 Å². The Morgan fingerprint density at radius 2 is 1.93 bits per heavy atom. The molecule has 1 saturated heterocycles. The molecule has 0 radical (unpaired) electrons. The highest BCUT2D eigenvalue weighted by Crippen LogP contribution is 2.30. The van der Waals surface area contributed by atoms with E-state index in [0.29, 0.717) is 24.1 Å². The number of aromatic nitrogens is 2. The Morgan fingerprint density at radius 1 is 1.17 bits per heavy atom. The second-order valence-electron chi connectivity index (χ2n) is 6.31. The molecule has 1 aliphatic heterocycles. The Morgan fingerprint density at radius 3 is 2.59 bits per heavy atom. The first-order valence-corrected chi connectivity index (χ1v) is 10.9. The van der Waals surface area contributed by atoms with E-state index >= 15 is 0 Å². The predicted molar refractivity (Wildman–Crippen MR) is 123 cm³/mol. The van der Waals surface area contributed by atoms with Gasteiger partial charge in [-0.25, -0.2) is 15.0 Å². The van der Waals surface area contributed by atoms with Gasteiger partial charge in [0.2, 0.25) is 0 Å². The number of halogens is 4. The lowest BCUT2D eigenvalue weighted by Crippen LogP contribution is -2.38. The van der Waals surface area contributed by atoms with E-state index in [-0.39, 0.29) is 30.5 Å². The third kappa shape index (κ3) is 7.24. The van der Waals surface area contributed by atoms with E-state index in [9.17, 15) is 13.2 Å². The van der Waals surface area contributed by atoms with E-state index in [1.165, 1.54) is 12.8 Å². The van der Waals surface area contributed by atoms with Crippen LogP contribution >= 0.6 is 46.7 Å². The van der Waals surface area contributed by atoms with Gasteiger partial charge in [-0.1, -0.05) is 0 Å². The minimum atomic E-state index is -4.41. The second kappa shape index (κ2) is 11.3. The molecule has 0 bridgehead atoms. The maximum absolute atomic E-state index is 12.6. The zero-order valence-corrected chi connectivity index (χ0v) is 19.9. The average molecular weight is 560 g/mol. The predicted octanol–water partition coefficient (Wildman–Crippen LogP) is 4.13. The van der Waals surface area contributed by atoms with E-state index in [4.69, 9.17) is 0 Å². The summed E-state index contributed by atoms with van der Waals surface area (Å²) in [7, 11) is 0. The normalized spacial score (nSPS) is 14.8. The van der Waals surface area contributed by atoms with Crippen molar-refractivity contribution in [2.24, 2.45) is 4.99 Å². The van der Waals surface area contributed by atoms with E-state index in [1.807, 2.05) is 6.92 Å². The Bertz CT molecular complexity index is 786. The summed E-state index contributed by atoms with van der Waals surface area (Å²) in [4.78, 5) is 14.9. The molecular formula is C17H24F3IN6S2. The fraction of sp³-hybridized carbons (Fsp3) is 0.588. The first-order valence-electron chi connectivity index (χ1n) is 9.19. The molecule has 3 heterocycles. The molecule has 0 amide bonds. The van der Waals surface area contributed by atoms with Crippen molar-refractivity contribution in [1.29, 1.82) is 0 Å². The fourth-order valence-corrected chi connectivity index (χ4v) is 4.41. The van der Waals surface area contributed by atoms with Gasteiger partial charge in [0.05, 0.1) is 12.2 Å². The van der Waals surface area contributed by atoms with Crippen molar-refractivity contribution in [3.8, 4) is 0 Å². The molecule has 0 atom stereocenters. The Hall–Kier alpha value is -1.15. The minimum Gasteiger partial charge on any atom is -0.357 e. The number of thiazole rings is 2. The van der Waals surface area contributed by atoms with E-state index in [0.717, 1.165) is 47.1 Å². The maximum Gasteiger partial charge on any atom is 0.434 e. The van der Waals surface area contributed by atoms with Gasteiger partial charge in [-0.3, -0.25) is 0 Å². The van der Waals surface area contributed by atoms with Crippen LogP contribution in [0.25, 0.3) is 0 Å². The van der Waals surface area contributed by atoms with Crippen LogP contribution in [0.15, 0.2) is 15.8 Å². The van der Waals surface area contributed by atoms with Gasteiger partial charge in [-0.2, -0.15) is 13.2 Å². The van der Waals surface area contributed by atoms with Crippen molar-refractivity contribution in [3.05, 3.63) is 27.2 Å². The highest BCUT2D eigenvalue weighted by atomic mass is 127. The molecule has 2 N–H and O–H groups in total. The van der Waals surface area contributed by atoms with Crippen molar-refractivity contribution in [1.82, 2.24) is 20.6 Å². The van der Waals surface area contributed by atoms with Gasteiger partial charge in [-0.05, 0) is 19.8 Å². The van der Waals surface area contributed by atoms with Gasteiger partial charge in [0.1, 0.15) is 5.01 Å². The quantitative estimate of drug-likeness (QED) is 0.303. The molecule has 1 fully saturated rings. The lowest BCUT2D eigenvalue weighted by molar-refractivity contribution is -0.140. The number of hydrogen-bond acceptors (Lipinski definition) is 6. The summed E-state index contributed by atoms with van der Waals surface area (Å²) >= 11 is 2.64.